The first-order valence-electron chi connectivity index (χ1n) is 7.69. The van der Waals surface area contributed by atoms with Crippen molar-refractivity contribution in [1.29, 1.82) is 0 Å². The molecule has 0 aliphatic rings. The Kier molecular flexibility index (Phi) is 8.00. The van der Waals surface area contributed by atoms with Gasteiger partial charge < -0.3 is 9.47 Å². The van der Waals surface area contributed by atoms with Gasteiger partial charge in [0.2, 0.25) is 0 Å². The van der Waals surface area contributed by atoms with Crippen LogP contribution in [-0.4, -0.2) is 52.2 Å². The Morgan fingerprint density at radius 3 is 1.21 bits per heavy atom. The number of carbonyl (C=O) groups excluding carboxylic acids is 4. The number of benzene rings is 1. The first kappa shape index (κ1) is 23.4. The van der Waals surface area contributed by atoms with Crippen molar-refractivity contribution < 1.29 is 45.5 Å². The molecule has 0 heterocycles. The summed E-state index contributed by atoms with van der Waals surface area (Å²) in [5.41, 5.74) is 0.570. The molecule has 12 heteroatoms. The highest BCUT2D eigenvalue weighted by Crippen LogP contribution is 2.12. The molecule has 0 spiro atoms. The van der Waals surface area contributed by atoms with Crippen LogP contribution in [-0.2, 0) is 59.8 Å². The molecule has 0 unspecified atom stereocenters. The molecule has 0 bridgehead atoms. The third-order valence-corrected chi connectivity index (χ3v) is 5.88. The highest BCUT2D eigenvalue weighted by molar-refractivity contribution is 7.91. The van der Waals surface area contributed by atoms with E-state index < -0.39 is 66.6 Å². The molecule has 0 saturated carbocycles. The number of rotatable bonds is 8. The maximum absolute atomic E-state index is 11.9. The van der Waals surface area contributed by atoms with E-state index in [1.807, 2.05) is 0 Å². The molecule has 1 aromatic rings. The summed E-state index contributed by atoms with van der Waals surface area (Å²) < 4.78 is 56.1. The van der Waals surface area contributed by atoms with Crippen molar-refractivity contribution in [3.63, 3.8) is 0 Å². The Labute approximate surface area is 161 Å². The molecule has 1 rings (SSSR count). The highest BCUT2D eigenvalue weighted by atomic mass is 32.2. The number of sulfone groups is 2. The van der Waals surface area contributed by atoms with Gasteiger partial charge in [0, 0.05) is 13.8 Å². The lowest BCUT2D eigenvalue weighted by Crippen LogP contribution is -2.22. The lowest BCUT2D eigenvalue weighted by molar-refractivity contribution is -0.157. The third-order valence-electron chi connectivity index (χ3n) is 2.99. The molecule has 10 nitrogen and oxygen atoms in total. The molecule has 0 aromatic heterocycles. The third kappa shape index (κ3) is 9.37. The van der Waals surface area contributed by atoms with Crippen LogP contribution in [0.1, 0.15) is 25.0 Å². The Morgan fingerprint density at radius 1 is 0.679 bits per heavy atom. The van der Waals surface area contributed by atoms with E-state index in [1.165, 1.54) is 24.3 Å². The minimum atomic E-state index is -3.89. The average Bonchev–Trinajstić information content (AvgIpc) is 2.45. The van der Waals surface area contributed by atoms with Gasteiger partial charge in [-0.1, -0.05) is 24.3 Å². The molecule has 0 saturated heterocycles. The van der Waals surface area contributed by atoms with Gasteiger partial charge >= 0.3 is 23.9 Å². The first-order chi connectivity index (χ1) is 12.8. The second-order valence-electron chi connectivity index (χ2n) is 5.81. The van der Waals surface area contributed by atoms with Crippen molar-refractivity contribution in [3.05, 3.63) is 35.4 Å². The molecule has 0 aliphatic heterocycles. The standard InChI is InChI=1S/C16H18O10S2/c1-11(17)25-15(19)9-27(21,22)7-13-3-5-14(6-4-13)8-28(23,24)10-16(20)26-12(2)18/h3-6H,7-10H2,1-2H3. The predicted molar refractivity (Wildman–Crippen MR) is 95.0 cm³/mol. The summed E-state index contributed by atoms with van der Waals surface area (Å²) in [6, 6.07) is 5.42. The van der Waals surface area contributed by atoms with Crippen LogP contribution in [0, 0.1) is 0 Å². The van der Waals surface area contributed by atoms with Crippen LogP contribution in [0.15, 0.2) is 24.3 Å². The van der Waals surface area contributed by atoms with Gasteiger partial charge in [-0.25, -0.2) is 16.8 Å². The molecule has 28 heavy (non-hydrogen) atoms. The van der Waals surface area contributed by atoms with Crippen LogP contribution < -0.4 is 0 Å². The molecule has 0 N–H and O–H groups in total. The molecule has 0 atom stereocenters. The molecule has 0 fully saturated rings. The minimum absolute atomic E-state index is 0.285. The van der Waals surface area contributed by atoms with Gasteiger partial charge in [0.25, 0.3) is 0 Å². The summed E-state index contributed by atoms with van der Waals surface area (Å²) in [5, 5.41) is 0. The van der Waals surface area contributed by atoms with Crippen LogP contribution >= 0.6 is 0 Å². The molecule has 0 amide bonds. The SMILES string of the molecule is CC(=O)OC(=O)CS(=O)(=O)Cc1ccc(CS(=O)(=O)CC(=O)OC(C)=O)cc1. The van der Waals surface area contributed by atoms with Gasteiger partial charge in [0.05, 0.1) is 11.5 Å². The second kappa shape index (κ2) is 9.55. The van der Waals surface area contributed by atoms with E-state index in [2.05, 4.69) is 9.47 Å². The molecular formula is C16H18O10S2. The van der Waals surface area contributed by atoms with E-state index in [1.54, 1.807) is 0 Å². The lowest BCUT2D eigenvalue weighted by Gasteiger charge is -2.06. The van der Waals surface area contributed by atoms with E-state index >= 15 is 0 Å². The molecule has 0 radical (unpaired) electrons. The van der Waals surface area contributed by atoms with Gasteiger partial charge in [-0.3, -0.25) is 19.2 Å². The van der Waals surface area contributed by atoms with Crippen molar-refractivity contribution >= 4 is 43.6 Å². The predicted octanol–water partition coefficient (Wildman–Crippen LogP) is -0.304. The Morgan fingerprint density at radius 2 is 0.964 bits per heavy atom. The number of esters is 4. The summed E-state index contributed by atoms with van der Waals surface area (Å²) in [4.78, 5) is 43.8. The highest BCUT2D eigenvalue weighted by Gasteiger charge is 2.21. The summed E-state index contributed by atoms with van der Waals surface area (Å²) in [6.45, 7) is 1.94. The van der Waals surface area contributed by atoms with Crippen molar-refractivity contribution in [1.82, 2.24) is 0 Å². The zero-order chi connectivity index (χ0) is 21.5. The normalized spacial score (nSPS) is 11.5. The topological polar surface area (TPSA) is 155 Å². The summed E-state index contributed by atoms with van der Waals surface area (Å²) >= 11 is 0. The largest absolute Gasteiger partial charge is 0.393 e. The van der Waals surface area contributed by atoms with Crippen molar-refractivity contribution in [2.45, 2.75) is 25.4 Å². The Balaban J connectivity index is 2.73. The molecular weight excluding hydrogens is 416 g/mol. The first-order valence-corrected chi connectivity index (χ1v) is 11.3. The molecule has 1 aromatic carbocycles. The fourth-order valence-electron chi connectivity index (χ4n) is 2.08. The average molecular weight is 434 g/mol. The zero-order valence-electron chi connectivity index (χ0n) is 15.0. The maximum Gasteiger partial charge on any atom is 0.328 e. The monoisotopic (exact) mass is 434 g/mol. The van der Waals surface area contributed by atoms with Crippen molar-refractivity contribution in [2.75, 3.05) is 11.5 Å². The summed E-state index contributed by atoms with van der Waals surface area (Å²) in [6.07, 6.45) is 0. The summed E-state index contributed by atoms with van der Waals surface area (Å²) in [5.74, 6) is -7.19. The van der Waals surface area contributed by atoms with E-state index in [0.29, 0.717) is 0 Å². The van der Waals surface area contributed by atoms with Crippen LogP contribution in [0.25, 0.3) is 0 Å². The quantitative estimate of drug-likeness (QED) is 0.393. The Hall–Kier alpha value is -2.60. The molecule has 0 aliphatic carbocycles. The van der Waals surface area contributed by atoms with E-state index in [0.717, 1.165) is 13.8 Å². The number of ether oxygens (including phenoxy) is 2. The fraction of sp³-hybridized carbons (Fsp3) is 0.375. The number of carbonyl (C=O) groups is 4. The maximum atomic E-state index is 11.9. The fourth-order valence-corrected chi connectivity index (χ4v) is 4.52. The second-order valence-corrected chi connectivity index (χ2v) is 9.94. The van der Waals surface area contributed by atoms with Gasteiger partial charge in [-0.15, -0.1) is 0 Å². The van der Waals surface area contributed by atoms with E-state index in [9.17, 15) is 36.0 Å². The zero-order valence-corrected chi connectivity index (χ0v) is 16.7. The Bertz CT molecular complexity index is 892. The van der Waals surface area contributed by atoms with Gasteiger partial charge in [-0.2, -0.15) is 0 Å². The van der Waals surface area contributed by atoms with E-state index in [-0.39, 0.29) is 11.1 Å². The van der Waals surface area contributed by atoms with Gasteiger partial charge in [0.1, 0.15) is 11.5 Å². The van der Waals surface area contributed by atoms with Crippen LogP contribution in [0.2, 0.25) is 0 Å². The smallest absolute Gasteiger partial charge is 0.328 e. The van der Waals surface area contributed by atoms with Gasteiger partial charge in [-0.05, 0) is 11.1 Å². The minimum Gasteiger partial charge on any atom is -0.393 e. The van der Waals surface area contributed by atoms with E-state index in [4.69, 9.17) is 0 Å². The van der Waals surface area contributed by atoms with Crippen molar-refractivity contribution in [3.8, 4) is 0 Å². The number of hydrogen-bond acceptors (Lipinski definition) is 10. The van der Waals surface area contributed by atoms with Gasteiger partial charge in [0.15, 0.2) is 19.7 Å². The van der Waals surface area contributed by atoms with Crippen molar-refractivity contribution in [2.24, 2.45) is 0 Å². The van der Waals surface area contributed by atoms with Crippen LogP contribution in [0.4, 0.5) is 0 Å². The summed E-state index contributed by atoms with van der Waals surface area (Å²) in [7, 11) is -7.79. The van der Waals surface area contributed by atoms with Crippen LogP contribution in [0.5, 0.6) is 0 Å². The molecule has 154 valence electrons. The number of hydrogen-bond donors (Lipinski definition) is 0. The lowest BCUT2D eigenvalue weighted by atomic mass is 10.2. The van der Waals surface area contributed by atoms with Crippen LogP contribution in [0.3, 0.4) is 0 Å².